The second-order valence-electron chi connectivity index (χ2n) is 6.93. The second-order valence-corrected chi connectivity index (χ2v) is 6.93. The van der Waals surface area contributed by atoms with E-state index in [0.717, 1.165) is 0 Å². The van der Waals surface area contributed by atoms with E-state index in [1.54, 1.807) is 0 Å². The summed E-state index contributed by atoms with van der Waals surface area (Å²) in [7, 11) is 0. The van der Waals surface area contributed by atoms with Gasteiger partial charge in [-0.15, -0.1) is 0 Å². The van der Waals surface area contributed by atoms with Crippen LogP contribution in [0.25, 0.3) is 0 Å². The monoisotopic (exact) mass is 373 g/mol. The molecule has 5 nitrogen and oxygen atoms in total. The Bertz CT molecular complexity index is 278. The van der Waals surface area contributed by atoms with E-state index in [2.05, 4.69) is 19.2 Å². The number of unbranched alkanes of at least 4 members (excludes halogenated alkanes) is 11. The van der Waals surface area contributed by atoms with Gasteiger partial charge in [0.25, 0.3) is 0 Å². The number of carboxylic acids is 2. The Kier molecular flexibility index (Phi) is 24.9. The van der Waals surface area contributed by atoms with Gasteiger partial charge in [0.2, 0.25) is 0 Å². The van der Waals surface area contributed by atoms with Crippen LogP contribution in [0, 0.1) is 0 Å². The summed E-state index contributed by atoms with van der Waals surface area (Å²) in [5.74, 6) is -2.15. The minimum Gasteiger partial charge on any atom is -0.481 e. The van der Waals surface area contributed by atoms with Crippen molar-refractivity contribution in [3.05, 3.63) is 0 Å². The van der Waals surface area contributed by atoms with E-state index >= 15 is 0 Å². The molecule has 0 aromatic carbocycles. The van der Waals surface area contributed by atoms with E-state index in [9.17, 15) is 9.59 Å². The maximum atomic E-state index is 9.64. The molecule has 0 atom stereocenters. The van der Waals surface area contributed by atoms with Crippen molar-refractivity contribution in [2.24, 2.45) is 0 Å². The third-order valence-electron chi connectivity index (χ3n) is 4.22. The first-order valence-corrected chi connectivity index (χ1v) is 10.7. The molecule has 0 aromatic heterocycles. The standard InChI is InChI=1S/C17H37N.C4H6O4/c1-3-5-7-8-9-10-11-12-13-15-17-18-16-14-6-4-2;5-3(6)1-2-4(7)8/h18H,3-17H2,1-2H3;1-2H2,(H,5,6)(H,7,8). The molecule has 0 aliphatic rings. The normalized spacial score (nSPS) is 10.2. The molecule has 0 aliphatic carbocycles. The highest BCUT2D eigenvalue weighted by molar-refractivity contribution is 5.75. The Labute approximate surface area is 161 Å². The van der Waals surface area contributed by atoms with Gasteiger partial charge in [-0.05, 0) is 25.9 Å². The molecule has 0 radical (unpaired) electrons. The van der Waals surface area contributed by atoms with Crippen LogP contribution in [-0.2, 0) is 9.59 Å². The zero-order valence-corrected chi connectivity index (χ0v) is 17.2. The van der Waals surface area contributed by atoms with Crippen molar-refractivity contribution < 1.29 is 19.8 Å². The van der Waals surface area contributed by atoms with E-state index in [1.165, 1.54) is 96.6 Å². The third-order valence-corrected chi connectivity index (χ3v) is 4.22. The van der Waals surface area contributed by atoms with Crippen LogP contribution >= 0.6 is 0 Å². The topological polar surface area (TPSA) is 86.6 Å². The van der Waals surface area contributed by atoms with Crippen molar-refractivity contribution in [1.82, 2.24) is 5.32 Å². The van der Waals surface area contributed by atoms with Gasteiger partial charge >= 0.3 is 11.9 Å². The summed E-state index contributed by atoms with van der Waals surface area (Å²) < 4.78 is 0. The number of nitrogens with one attached hydrogen (secondary N) is 1. The first-order valence-electron chi connectivity index (χ1n) is 10.7. The first kappa shape index (κ1) is 27.1. The van der Waals surface area contributed by atoms with Crippen molar-refractivity contribution >= 4 is 11.9 Å². The van der Waals surface area contributed by atoms with Crippen LogP contribution in [0.2, 0.25) is 0 Å². The second kappa shape index (κ2) is 23.9. The van der Waals surface area contributed by atoms with Crippen LogP contribution in [0.15, 0.2) is 0 Å². The van der Waals surface area contributed by atoms with Crippen molar-refractivity contribution in [3.63, 3.8) is 0 Å². The minimum absolute atomic E-state index is 0.296. The third kappa shape index (κ3) is 30.7. The van der Waals surface area contributed by atoms with Crippen LogP contribution in [0.3, 0.4) is 0 Å². The van der Waals surface area contributed by atoms with Gasteiger partial charge in [0.1, 0.15) is 0 Å². The predicted molar refractivity (Wildman–Crippen MR) is 109 cm³/mol. The van der Waals surface area contributed by atoms with Crippen LogP contribution < -0.4 is 5.32 Å². The van der Waals surface area contributed by atoms with Gasteiger partial charge < -0.3 is 15.5 Å². The fraction of sp³-hybridized carbons (Fsp3) is 0.905. The zero-order chi connectivity index (χ0) is 19.9. The molecule has 0 saturated heterocycles. The predicted octanol–water partition coefficient (Wildman–Crippen LogP) is 5.62. The Morgan fingerprint density at radius 2 is 0.885 bits per heavy atom. The maximum Gasteiger partial charge on any atom is 0.303 e. The summed E-state index contributed by atoms with van der Waals surface area (Å²) in [5.41, 5.74) is 0. The molecule has 5 heteroatoms. The minimum atomic E-state index is -1.08. The van der Waals surface area contributed by atoms with E-state index < -0.39 is 11.9 Å². The van der Waals surface area contributed by atoms with Gasteiger partial charge in [-0.3, -0.25) is 9.59 Å². The van der Waals surface area contributed by atoms with Crippen molar-refractivity contribution in [2.45, 2.75) is 110 Å². The summed E-state index contributed by atoms with van der Waals surface area (Å²) in [5, 5.41) is 19.3. The molecule has 0 heterocycles. The van der Waals surface area contributed by atoms with E-state index in [0.29, 0.717) is 0 Å². The highest BCUT2D eigenvalue weighted by Gasteiger charge is 2.00. The highest BCUT2D eigenvalue weighted by atomic mass is 16.4. The molecular formula is C21H43NO4. The number of hydrogen-bond donors (Lipinski definition) is 3. The van der Waals surface area contributed by atoms with Crippen molar-refractivity contribution in [3.8, 4) is 0 Å². The Morgan fingerprint density at radius 3 is 1.27 bits per heavy atom. The molecule has 0 aliphatic heterocycles. The fourth-order valence-electron chi connectivity index (χ4n) is 2.58. The lowest BCUT2D eigenvalue weighted by Gasteiger charge is -2.04. The van der Waals surface area contributed by atoms with Gasteiger partial charge in [-0.1, -0.05) is 84.5 Å². The number of hydrogen-bond acceptors (Lipinski definition) is 3. The van der Waals surface area contributed by atoms with Crippen LogP contribution in [0.5, 0.6) is 0 Å². The molecule has 0 amide bonds. The number of carbonyl (C=O) groups is 2. The lowest BCUT2D eigenvalue weighted by molar-refractivity contribution is -0.143. The van der Waals surface area contributed by atoms with E-state index in [4.69, 9.17) is 10.2 Å². The molecule has 0 aromatic rings. The fourth-order valence-corrected chi connectivity index (χ4v) is 2.58. The Morgan fingerprint density at radius 1 is 0.577 bits per heavy atom. The summed E-state index contributed by atoms with van der Waals surface area (Å²) in [6.07, 6.45) is 17.8. The molecule has 0 fully saturated rings. The average molecular weight is 374 g/mol. The zero-order valence-electron chi connectivity index (χ0n) is 17.2. The van der Waals surface area contributed by atoms with Gasteiger partial charge in [0.15, 0.2) is 0 Å². The molecule has 156 valence electrons. The number of aliphatic carboxylic acids is 2. The highest BCUT2D eigenvalue weighted by Crippen LogP contribution is 2.10. The molecule has 26 heavy (non-hydrogen) atoms. The maximum absolute atomic E-state index is 9.64. The molecule has 0 unspecified atom stereocenters. The quantitative estimate of drug-likeness (QED) is 0.271. The lowest BCUT2D eigenvalue weighted by Crippen LogP contribution is -2.16. The van der Waals surface area contributed by atoms with Crippen molar-refractivity contribution in [2.75, 3.05) is 13.1 Å². The number of rotatable bonds is 18. The van der Waals surface area contributed by atoms with E-state index in [-0.39, 0.29) is 12.8 Å². The van der Waals surface area contributed by atoms with Gasteiger partial charge in [0, 0.05) is 0 Å². The Balaban J connectivity index is 0. The molecule has 0 rings (SSSR count). The summed E-state index contributed by atoms with van der Waals surface area (Å²) in [4.78, 5) is 19.3. The van der Waals surface area contributed by atoms with Crippen LogP contribution in [0.4, 0.5) is 0 Å². The average Bonchev–Trinajstić information content (AvgIpc) is 2.61. The molecule has 0 bridgehead atoms. The van der Waals surface area contributed by atoms with Gasteiger partial charge in [-0.2, -0.15) is 0 Å². The van der Waals surface area contributed by atoms with E-state index in [1.807, 2.05) is 0 Å². The molecule has 3 N–H and O–H groups in total. The first-order chi connectivity index (χ1) is 12.5. The smallest absolute Gasteiger partial charge is 0.303 e. The van der Waals surface area contributed by atoms with Crippen LogP contribution in [0.1, 0.15) is 110 Å². The molecular weight excluding hydrogens is 330 g/mol. The summed E-state index contributed by atoms with van der Waals surface area (Å²) in [6.45, 7) is 7.02. The SMILES string of the molecule is CCCCCCCCCCCCNCCCCC.O=C(O)CCC(=O)O. The van der Waals surface area contributed by atoms with Gasteiger partial charge in [0.05, 0.1) is 12.8 Å². The molecule has 0 spiro atoms. The van der Waals surface area contributed by atoms with Gasteiger partial charge in [-0.25, -0.2) is 0 Å². The van der Waals surface area contributed by atoms with Crippen molar-refractivity contribution in [1.29, 1.82) is 0 Å². The largest absolute Gasteiger partial charge is 0.481 e. The van der Waals surface area contributed by atoms with Crippen LogP contribution in [-0.4, -0.2) is 35.2 Å². The number of carboxylic acid groups (broad SMARTS) is 2. The summed E-state index contributed by atoms with van der Waals surface area (Å²) >= 11 is 0. The Hall–Kier alpha value is -1.10. The summed E-state index contributed by atoms with van der Waals surface area (Å²) in [6, 6.07) is 0. The molecule has 0 saturated carbocycles. The lowest BCUT2D eigenvalue weighted by atomic mass is 10.1.